The molecule has 3 rings (SSSR count). The number of nitrogens with zero attached hydrogens (tertiary/aromatic N) is 2. The normalized spacial score (nSPS) is 30.7. The maximum Gasteiger partial charge on any atom is 0.161 e. The number of hydrogen-bond donors (Lipinski definition) is 0. The molecule has 0 aromatic heterocycles. The molecule has 0 aromatic carbocycles. The molecule has 0 aliphatic carbocycles. The van der Waals surface area contributed by atoms with Gasteiger partial charge >= 0.3 is 0 Å². The summed E-state index contributed by atoms with van der Waals surface area (Å²) in [6, 6.07) is -0.0508. The van der Waals surface area contributed by atoms with Gasteiger partial charge in [0.25, 0.3) is 0 Å². The van der Waals surface area contributed by atoms with Gasteiger partial charge in [-0.05, 0) is 37.2 Å². The van der Waals surface area contributed by atoms with Crippen molar-refractivity contribution in [1.82, 2.24) is 4.90 Å². The zero-order chi connectivity index (χ0) is 24.3. The van der Waals surface area contributed by atoms with Crippen LogP contribution in [0.4, 0.5) is 0 Å². The molecule has 0 aromatic rings. The maximum atomic E-state index is 6.88. The van der Waals surface area contributed by atoms with Gasteiger partial charge in [-0.3, -0.25) is 4.99 Å². The molecule has 3 heterocycles. The fourth-order valence-corrected chi connectivity index (χ4v) is 8.54. The van der Waals surface area contributed by atoms with Crippen LogP contribution in [-0.2, 0) is 18.9 Å². The van der Waals surface area contributed by atoms with E-state index in [0.29, 0.717) is 4.58 Å². The van der Waals surface area contributed by atoms with Crippen molar-refractivity contribution < 1.29 is 18.9 Å². The average molecular weight is 535 g/mol. The van der Waals surface area contributed by atoms with Gasteiger partial charge in [0.05, 0.1) is 4.58 Å². The SMILES string of the molecule is CCCCOC(C1SCCCS1)[C@H]1O[C@@H]2SC(N(C)C)=N[C@@H]2[C@@H](OCCCC)[C@@H]1OCCCC. The second-order valence-corrected chi connectivity index (χ2v) is 13.3. The van der Waals surface area contributed by atoms with Crippen molar-refractivity contribution in [3.63, 3.8) is 0 Å². The van der Waals surface area contributed by atoms with Crippen LogP contribution in [0.2, 0.25) is 0 Å². The van der Waals surface area contributed by atoms with E-state index in [1.165, 1.54) is 17.9 Å². The van der Waals surface area contributed by atoms with Crippen LogP contribution in [0.1, 0.15) is 65.7 Å². The van der Waals surface area contributed by atoms with Gasteiger partial charge in [0, 0.05) is 33.9 Å². The van der Waals surface area contributed by atoms with Crippen molar-refractivity contribution in [2.24, 2.45) is 4.99 Å². The summed E-state index contributed by atoms with van der Waals surface area (Å²) in [6.07, 6.45) is 7.29. The Kier molecular flexibility index (Phi) is 13.2. The standard InChI is InChI=1S/C25H46N2O4S3/c1-6-9-13-28-19-18-23(34-25(26-18)27(4)5)31-21(20(19)29-14-10-7-2)22(30-15-11-8-3)24-32-16-12-17-33-24/h18-24H,6-17H2,1-5H3/t18-,19-,20+,21+,22?,23-/m1/s1. The molecular weight excluding hydrogens is 488 g/mol. The molecule has 6 nitrogen and oxygen atoms in total. The topological polar surface area (TPSA) is 52.5 Å². The first kappa shape index (κ1) is 28.9. The third kappa shape index (κ3) is 7.93. The Balaban J connectivity index is 1.89. The lowest BCUT2D eigenvalue weighted by molar-refractivity contribution is -0.219. The van der Waals surface area contributed by atoms with Crippen molar-refractivity contribution in [2.45, 2.75) is 106 Å². The zero-order valence-corrected chi connectivity index (χ0v) is 24.2. The van der Waals surface area contributed by atoms with Crippen LogP contribution in [0.15, 0.2) is 4.99 Å². The smallest absolute Gasteiger partial charge is 0.161 e. The van der Waals surface area contributed by atoms with Crippen LogP contribution in [0.3, 0.4) is 0 Å². The van der Waals surface area contributed by atoms with Crippen LogP contribution >= 0.6 is 35.3 Å². The third-order valence-corrected chi connectivity index (χ3v) is 10.6. The van der Waals surface area contributed by atoms with Crippen LogP contribution in [0.25, 0.3) is 0 Å². The minimum absolute atomic E-state index is 0.0179. The number of fused-ring (bicyclic) bond motifs is 1. The summed E-state index contributed by atoms with van der Waals surface area (Å²) in [5.74, 6) is 2.37. The Labute approximate surface area is 220 Å². The molecule has 0 amide bonds. The van der Waals surface area contributed by atoms with E-state index in [0.717, 1.165) is 63.5 Å². The Morgan fingerprint density at radius 1 is 0.941 bits per heavy atom. The molecule has 0 spiro atoms. The maximum absolute atomic E-state index is 6.88. The molecule has 198 valence electrons. The molecule has 6 atom stereocenters. The lowest BCUT2D eigenvalue weighted by Gasteiger charge is -2.47. The number of hydrogen-bond acceptors (Lipinski definition) is 9. The molecule has 3 aliphatic rings. The van der Waals surface area contributed by atoms with Crippen molar-refractivity contribution in [3.05, 3.63) is 0 Å². The highest BCUT2D eigenvalue weighted by Gasteiger charge is 2.54. The van der Waals surface area contributed by atoms with E-state index in [9.17, 15) is 0 Å². The van der Waals surface area contributed by atoms with E-state index in [1.54, 1.807) is 11.8 Å². The Hall–Kier alpha value is 0.360. The summed E-state index contributed by atoms with van der Waals surface area (Å²) < 4.78 is 27.1. The molecule has 0 N–H and O–H groups in total. The molecule has 9 heteroatoms. The van der Waals surface area contributed by atoms with E-state index in [2.05, 4.69) is 39.8 Å². The molecule has 1 unspecified atom stereocenters. The summed E-state index contributed by atoms with van der Waals surface area (Å²) >= 11 is 5.77. The monoisotopic (exact) mass is 534 g/mol. The highest BCUT2D eigenvalue weighted by molar-refractivity contribution is 8.17. The summed E-state index contributed by atoms with van der Waals surface area (Å²) in [7, 11) is 4.10. The molecule has 0 radical (unpaired) electrons. The van der Waals surface area contributed by atoms with Crippen LogP contribution in [0.5, 0.6) is 0 Å². The molecular formula is C25H46N2O4S3. The predicted octanol–water partition coefficient (Wildman–Crippen LogP) is 5.50. The van der Waals surface area contributed by atoms with Crippen molar-refractivity contribution in [3.8, 4) is 0 Å². The minimum atomic E-state index is -0.176. The number of ether oxygens (including phenoxy) is 4. The van der Waals surface area contributed by atoms with Crippen LogP contribution in [-0.4, -0.2) is 96.0 Å². The highest BCUT2D eigenvalue weighted by atomic mass is 32.2. The number of amidine groups is 1. The first-order valence-corrected chi connectivity index (χ1v) is 16.2. The fourth-order valence-electron chi connectivity index (χ4n) is 4.33. The summed E-state index contributed by atoms with van der Waals surface area (Å²) in [4.78, 5) is 7.14. The van der Waals surface area contributed by atoms with E-state index in [1.807, 2.05) is 23.5 Å². The fraction of sp³-hybridized carbons (Fsp3) is 0.960. The van der Waals surface area contributed by atoms with Crippen LogP contribution < -0.4 is 0 Å². The summed E-state index contributed by atoms with van der Waals surface area (Å²) in [5.41, 5.74) is -0.0593. The molecule has 2 fully saturated rings. The van der Waals surface area contributed by atoms with Gasteiger partial charge in [0.15, 0.2) is 5.17 Å². The quantitative estimate of drug-likeness (QED) is 0.271. The molecule has 2 saturated heterocycles. The zero-order valence-electron chi connectivity index (χ0n) is 21.8. The number of rotatable bonds is 14. The van der Waals surface area contributed by atoms with Crippen LogP contribution in [0, 0.1) is 0 Å². The van der Waals surface area contributed by atoms with E-state index in [4.69, 9.17) is 23.9 Å². The van der Waals surface area contributed by atoms with E-state index < -0.39 is 0 Å². The van der Waals surface area contributed by atoms with Crippen molar-refractivity contribution in [2.75, 3.05) is 45.4 Å². The van der Waals surface area contributed by atoms with Gasteiger partial charge in [0.1, 0.15) is 35.9 Å². The van der Waals surface area contributed by atoms with Gasteiger partial charge in [0.2, 0.25) is 0 Å². The van der Waals surface area contributed by atoms with Gasteiger partial charge < -0.3 is 23.8 Å². The van der Waals surface area contributed by atoms with Crippen molar-refractivity contribution >= 4 is 40.5 Å². The second-order valence-electron chi connectivity index (χ2n) is 9.41. The number of aliphatic imine (C=N–C) groups is 1. The third-order valence-electron chi connectivity index (χ3n) is 6.29. The number of thioether (sulfide) groups is 3. The van der Waals surface area contributed by atoms with Gasteiger partial charge in [-0.2, -0.15) is 0 Å². The minimum Gasteiger partial charge on any atom is -0.373 e. The Morgan fingerprint density at radius 3 is 2.18 bits per heavy atom. The Morgan fingerprint density at radius 2 is 1.56 bits per heavy atom. The number of unbranched alkanes of at least 4 members (excludes halogenated alkanes) is 3. The summed E-state index contributed by atoms with van der Waals surface area (Å²) in [6.45, 7) is 8.84. The van der Waals surface area contributed by atoms with Crippen molar-refractivity contribution in [1.29, 1.82) is 0 Å². The second kappa shape index (κ2) is 15.6. The highest BCUT2D eigenvalue weighted by Crippen LogP contribution is 2.44. The first-order valence-electron chi connectivity index (χ1n) is 13.3. The van der Waals surface area contributed by atoms with E-state index in [-0.39, 0.29) is 35.9 Å². The largest absolute Gasteiger partial charge is 0.373 e. The average Bonchev–Trinajstić information content (AvgIpc) is 3.28. The van der Waals surface area contributed by atoms with E-state index >= 15 is 0 Å². The molecule has 3 aliphatic heterocycles. The van der Waals surface area contributed by atoms with Gasteiger partial charge in [-0.1, -0.05) is 51.8 Å². The summed E-state index contributed by atoms with van der Waals surface area (Å²) in [5, 5.41) is 1.01. The first-order chi connectivity index (χ1) is 16.6. The molecule has 34 heavy (non-hydrogen) atoms. The van der Waals surface area contributed by atoms with Gasteiger partial charge in [-0.25, -0.2) is 0 Å². The van der Waals surface area contributed by atoms with Gasteiger partial charge in [-0.15, -0.1) is 23.5 Å². The Bertz CT molecular complexity index is 607. The predicted molar refractivity (Wildman–Crippen MR) is 148 cm³/mol. The lowest BCUT2D eigenvalue weighted by atomic mass is 9.94. The molecule has 0 bridgehead atoms. The lowest BCUT2D eigenvalue weighted by Crippen LogP contribution is -2.62. The molecule has 0 saturated carbocycles.